The molecule has 2 amide bonds. The number of likely N-dealkylation sites (N-methyl/N-ethyl adjacent to an activating group) is 2. The van der Waals surface area contributed by atoms with Gasteiger partial charge in [0, 0.05) is 32.7 Å². The maximum Gasteiger partial charge on any atom is 0.251 e. The SMILES string of the molecule is CNC(=O)c1ccc(CN(C)CC(=O)N(C)Cc2ccc3cc(OC)ccc3c2)cc1. The number of benzene rings is 3. The molecule has 6 heteroatoms. The van der Waals surface area contributed by atoms with E-state index in [0.29, 0.717) is 25.2 Å². The number of methoxy groups -OCH3 is 1. The topological polar surface area (TPSA) is 61.9 Å². The first-order valence-electron chi connectivity index (χ1n) is 10.2. The number of hydrogen-bond donors (Lipinski definition) is 1. The van der Waals surface area contributed by atoms with Gasteiger partial charge in [0.15, 0.2) is 0 Å². The van der Waals surface area contributed by atoms with Crippen molar-refractivity contribution in [2.45, 2.75) is 13.1 Å². The fraction of sp³-hybridized carbons (Fsp3) is 0.280. The zero-order chi connectivity index (χ0) is 22.4. The lowest BCUT2D eigenvalue weighted by atomic mass is 10.1. The van der Waals surface area contributed by atoms with Crippen molar-refractivity contribution in [3.8, 4) is 5.75 Å². The van der Waals surface area contributed by atoms with Crippen molar-refractivity contribution in [2.24, 2.45) is 0 Å². The van der Waals surface area contributed by atoms with Crippen LogP contribution in [-0.2, 0) is 17.9 Å². The van der Waals surface area contributed by atoms with Crippen molar-refractivity contribution in [1.82, 2.24) is 15.1 Å². The summed E-state index contributed by atoms with van der Waals surface area (Å²) in [5, 5.41) is 4.84. The van der Waals surface area contributed by atoms with Crippen LogP contribution < -0.4 is 10.1 Å². The smallest absolute Gasteiger partial charge is 0.251 e. The molecule has 3 rings (SSSR count). The lowest BCUT2D eigenvalue weighted by Gasteiger charge is -2.22. The molecule has 0 radical (unpaired) electrons. The molecule has 0 aliphatic heterocycles. The van der Waals surface area contributed by atoms with Crippen LogP contribution in [0.25, 0.3) is 10.8 Å². The number of amides is 2. The second-order valence-corrected chi connectivity index (χ2v) is 7.75. The first kappa shape index (κ1) is 22.3. The molecule has 0 saturated carbocycles. The van der Waals surface area contributed by atoms with Gasteiger partial charge in [0.25, 0.3) is 5.91 Å². The number of carbonyl (C=O) groups excluding carboxylic acids is 2. The molecule has 6 nitrogen and oxygen atoms in total. The predicted molar refractivity (Wildman–Crippen MR) is 123 cm³/mol. The minimum atomic E-state index is -0.107. The zero-order valence-electron chi connectivity index (χ0n) is 18.5. The zero-order valence-corrected chi connectivity index (χ0v) is 18.5. The number of carbonyl (C=O) groups is 2. The van der Waals surface area contributed by atoms with Gasteiger partial charge in [0.05, 0.1) is 13.7 Å². The average molecular weight is 420 g/mol. The van der Waals surface area contributed by atoms with Gasteiger partial charge in [-0.25, -0.2) is 0 Å². The summed E-state index contributed by atoms with van der Waals surface area (Å²) < 4.78 is 5.27. The number of rotatable bonds is 8. The molecular formula is C25H29N3O3. The highest BCUT2D eigenvalue weighted by Gasteiger charge is 2.13. The van der Waals surface area contributed by atoms with Crippen molar-refractivity contribution in [1.29, 1.82) is 0 Å². The van der Waals surface area contributed by atoms with E-state index in [0.717, 1.165) is 27.6 Å². The van der Waals surface area contributed by atoms with Gasteiger partial charge < -0.3 is 15.0 Å². The van der Waals surface area contributed by atoms with E-state index in [9.17, 15) is 9.59 Å². The molecule has 0 saturated heterocycles. The molecule has 0 spiro atoms. The first-order valence-corrected chi connectivity index (χ1v) is 10.2. The number of nitrogens with one attached hydrogen (secondary N) is 1. The van der Waals surface area contributed by atoms with Crippen molar-refractivity contribution in [3.05, 3.63) is 77.4 Å². The molecule has 3 aromatic carbocycles. The van der Waals surface area contributed by atoms with Gasteiger partial charge in [0.1, 0.15) is 5.75 Å². The van der Waals surface area contributed by atoms with Crippen LogP contribution in [0.5, 0.6) is 5.75 Å². The minimum Gasteiger partial charge on any atom is -0.497 e. The van der Waals surface area contributed by atoms with E-state index in [1.54, 1.807) is 31.2 Å². The first-order chi connectivity index (χ1) is 14.9. The van der Waals surface area contributed by atoms with Crippen LogP contribution in [0.2, 0.25) is 0 Å². The standard InChI is InChI=1S/C25H29N3O3/c1-26-25(30)20-8-5-18(6-9-20)15-27(2)17-24(29)28(3)16-19-7-10-22-14-23(31-4)12-11-21(22)13-19/h5-14H,15-17H2,1-4H3,(H,26,30). The molecule has 162 valence electrons. The Hall–Kier alpha value is -3.38. The monoisotopic (exact) mass is 419 g/mol. The fourth-order valence-electron chi connectivity index (χ4n) is 3.49. The Labute approximate surface area is 183 Å². The third-order valence-corrected chi connectivity index (χ3v) is 5.26. The highest BCUT2D eigenvalue weighted by molar-refractivity contribution is 5.93. The number of fused-ring (bicyclic) bond motifs is 1. The van der Waals surface area contributed by atoms with Gasteiger partial charge in [0.2, 0.25) is 5.91 Å². The molecule has 31 heavy (non-hydrogen) atoms. The summed E-state index contributed by atoms with van der Waals surface area (Å²) in [6.45, 7) is 1.50. The molecule has 0 unspecified atom stereocenters. The predicted octanol–water partition coefficient (Wildman–Crippen LogP) is 3.30. The quantitative estimate of drug-likeness (QED) is 0.609. The summed E-state index contributed by atoms with van der Waals surface area (Å²) in [7, 11) is 7.02. The Morgan fingerprint density at radius 1 is 0.871 bits per heavy atom. The van der Waals surface area contributed by atoms with E-state index in [2.05, 4.69) is 17.4 Å². The summed E-state index contributed by atoms with van der Waals surface area (Å²) in [5.41, 5.74) is 2.76. The molecule has 0 bridgehead atoms. The molecule has 0 atom stereocenters. The number of hydrogen-bond acceptors (Lipinski definition) is 4. The molecule has 0 fully saturated rings. The molecule has 0 aliphatic rings. The lowest BCUT2D eigenvalue weighted by Crippen LogP contribution is -2.36. The van der Waals surface area contributed by atoms with E-state index in [4.69, 9.17) is 4.74 Å². The van der Waals surface area contributed by atoms with E-state index < -0.39 is 0 Å². The molecule has 0 heterocycles. The van der Waals surface area contributed by atoms with Crippen LogP contribution in [0.15, 0.2) is 60.7 Å². The largest absolute Gasteiger partial charge is 0.497 e. The Morgan fingerprint density at radius 3 is 2.19 bits per heavy atom. The van der Waals surface area contributed by atoms with Crippen molar-refractivity contribution in [3.63, 3.8) is 0 Å². The highest BCUT2D eigenvalue weighted by atomic mass is 16.5. The summed E-state index contributed by atoms with van der Waals surface area (Å²) in [5.74, 6) is 0.780. The normalized spacial score (nSPS) is 10.9. The molecule has 0 aromatic heterocycles. The lowest BCUT2D eigenvalue weighted by molar-refractivity contribution is -0.131. The van der Waals surface area contributed by atoms with Crippen LogP contribution in [0.4, 0.5) is 0 Å². The van der Waals surface area contributed by atoms with Crippen LogP contribution >= 0.6 is 0 Å². The number of nitrogens with zero attached hydrogens (tertiary/aromatic N) is 2. The molecule has 3 aromatic rings. The maximum absolute atomic E-state index is 12.7. The Balaban J connectivity index is 1.56. The van der Waals surface area contributed by atoms with Crippen molar-refractivity contribution >= 4 is 22.6 Å². The second kappa shape index (κ2) is 10.1. The number of ether oxygens (including phenoxy) is 1. The Kier molecular flexibility index (Phi) is 7.26. The fourth-order valence-corrected chi connectivity index (χ4v) is 3.49. The van der Waals surface area contributed by atoms with Gasteiger partial charge in [-0.15, -0.1) is 0 Å². The van der Waals surface area contributed by atoms with Gasteiger partial charge in [-0.1, -0.05) is 30.3 Å². The second-order valence-electron chi connectivity index (χ2n) is 7.75. The molecular weight excluding hydrogens is 390 g/mol. The van der Waals surface area contributed by atoms with Gasteiger partial charge >= 0.3 is 0 Å². The third kappa shape index (κ3) is 5.83. The van der Waals surface area contributed by atoms with Gasteiger partial charge in [-0.05, 0) is 59.3 Å². The van der Waals surface area contributed by atoms with Gasteiger partial charge in [-0.2, -0.15) is 0 Å². The highest BCUT2D eigenvalue weighted by Crippen LogP contribution is 2.22. The minimum absolute atomic E-state index is 0.0549. The third-order valence-electron chi connectivity index (χ3n) is 5.26. The Bertz CT molecular complexity index is 1060. The van der Waals surface area contributed by atoms with Crippen LogP contribution in [0.1, 0.15) is 21.5 Å². The Morgan fingerprint density at radius 2 is 1.52 bits per heavy atom. The summed E-state index contributed by atoms with van der Waals surface area (Å²) in [6, 6.07) is 19.6. The summed E-state index contributed by atoms with van der Waals surface area (Å²) in [4.78, 5) is 28.1. The van der Waals surface area contributed by atoms with Gasteiger partial charge in [-0.3, -0.25) is 14.5 Å². The van der Waals surface area contributed by atoms with E-state index in [1.165, 1.54) is 0 Å². The van der Waals surface area contributed by atoms with Crippen LogP contribution in [0, 0.1) is 0 Å². The van der Waals surface area contributed by atoms with Crippen LogP contribution in [0.3, 0.4) is 0 Å². The molecule has 1 N–H and O–H groups in total. The molecule has 0 aliphatic carbocycles. The van der Waals surface area contributed by atoms with Crippen molar-refractivity contribution in [2.75, 3.05) is 34.8 Å². The van der Waals surface area contributed by atoms with Crippen LogP contribution in [-0.4, -0.2) is 56.4 Å². The van der Waals surface area contributed by atoms with E-state index in [-0.39, 0.29) is 11.8 Å². The van der Waals surface area contributed by atoms with E-state index in [1.807, 2.05) is 55.4 Å². The average Bonchev–Trinajstić information content (AvgIpc) is 2.78. The van der Waals surface area contributed by atoms with Crippen molar-refractivity contribution < 1.29 is 14.3 Å². The maximum atomic E-state index is 12.7. The summed E-state index contributed by atoms with van der Waals surface area (Å²) in [6.07, 6.45) is 0. The van der Waals surface area contributed by atoms with E-state index >= 15 is 0 Å². The summed E-state index contributed by atoms with van der Waals surface area (Å²) >= 11 is 0.